The van der Waals surface area contributed by atoms with E-state index in [1.807, 2.05) is 17.5 Å². The van der Waals surface area contributed by atoms with Gasteiger partial charge in [-0.3, -0.25) is 4.79 Å². The van der Waals surface area contributed by atoms with Crippen LogP contribution >= 0.6 is 23.1 Å². The van der Waals surface area contributed by atoms with Crippen molar-refractivity contribution in [2.45, 2.75) is 11.6 Å². The zero-order valence-corrected chi connectivity index (χ0v) is 14.2. The van der Waals surface area contributed by atoms with E-state index in [0.717, 1.165) is 6.42 Å². The van der Waals surface area contributed by atoms with E-state index < -0.39 is 0 Å². The van der Waals surface area contributed by atoms with Gasteiger partial charge in [-0.05, 0) is 42.1 Å². The number of carbonyl (C=O) groups excluding carboxylic acids is 1. The molecule has 0 atom stereocenters. The highest BCUT2D eigenvalue weighted by Crippen LogP contribution is 2.23. The predicted octanol–water partition coefficient (Wildman–Crippen LogP) is 3.39. The van der Waals surface area contributed by atoms with Gasteiger partial charge in [0.25, 0.3) is 5.22 Å². The first-order chi connectivity index (χ1) is 11.7. The second kappa shape index (κ2) is 8.07. The average molecular weight is 363 g/mol. The Morgan fingerprint density at radius 1 is 1.25 bits per heavy atom. The Balaban J connectivity index is 1.44. The summed E-state index contributed by atoms with van der Waals surface area (Å²) in [5.41, 5.74) is 0.635. The molecule has 1 N–H and O–H groups in total. The van der Waals surface area contributed by atoms with Crippen molar-refractivity contribution in [2.24, 2.45) is 0 Å². The Labute approximate surface area is 146 Å². The Morgan fingerprint density at radius 3 is 2.83 bits per heavy atom. The van der Waals surface area contributed by atoms with Crippen LogP contribution in [0.25, 0.3) is 11.5 Å². The number of carbonyl (C=O) groups is 1. The second-order valence-electron chi connectivity index (χ2n) is 4.85. The van der Waals surface area contributed by atoms with Crippen molar-refractivity contribution in [2.75, 3.05) is 12.3 Å². The minimum Gasteiger partial charge on any atom is -0.411 e. The Kier molecular flexibility index (Phi) is 5.60. The van der Waals surface area contributed by atoms with Gasteiger partial charge < -0.3 is 9.73 Å². The van der Waals surface area contributed by atoms with Crippen molar-refractivity contribution < 1.29 is 13.6 Å². The van der Waals surface area contributed by atoms with Crippen LogP contribution in [0.3, 0.4) is 0 Å². The number of thiophene rings is 1. The first kappa shape index (κ1) is 16.7. The molecule has 2 aromatic heterocycles. The third kappa shape index (κ3) is 4.65. The molecule has 0 saturated heterocycles. The van der Waals surface area contributed by atoms with Crippen LogP contribution in [0.1, 0.15) is 4.88 Å². The number of benzene rings is 1. The van der Waals surface area contributed by atoms with Crippen LogP contribution in [0.15, 0.2) is 51.4 Å². The van der Waals surface area contributed by atoms with Crippen LogP contribution in [-0.4, -0.2) is 28.4 Å². The van der Waals surface area contributed by atoms with Crippen molar-refractivity contribution in [3.05, 3.63) is 52.5 Å². The Bertz CT molecular complexity index is 788. The maximum absolute atomic E-state index is 12.9. The SMILES string of the molecule is O=C(CSc1nnc(-c2ccc(F)cc2)o1)NCCc1cccs1. The maximum Gasteiger partial charge on any atom is 0.277 e. The van der Waals surface area contributed by atoms with Crippen molar-refractivity contribution in [3.63, 3.8) is 0 Å². The standard InChI is InChI=1S/C16H14FN3O2S2/c17-12-5-3-11(4-6-12)15-19-20-16(22-15)24-10-14(21)18-8-7-13-2-1-9-23-13/h1-6,9H,7-8,10H2,(H,18,21). The van der Waals surface area contributed by atoms with Gasteiger partial charge in [0.15, 0.2) is 0 Å². The smallest absolute Gasteiger partial charge is 0.277 e. The molecule has 0 spiro atoms. The molecule has 0 unspecified atom stereocenters. The average Bonchev–Trinajstić information content (AvgIpc) is 3.25. The Hall–Kier alpha value is -2.19. The van der Waals surface area contributed by atoms with Crippen LogP contribution in [0.4, 0.5) is 4.39 Å². The van der Waals surface area contributed by atoms with Crippen molar-refractivity contribution in [1.82, 2.24) is 15.5 Å². The van der Waals surface area contributed by atoms with Gasteiger partial charge in [0, 0.05) is 17.0 Å². The normalized spacial score (nSPS) is 10.7. The lowest BCUT2D eigenvalue weighted by molar-refractivity contribution is -0.118. The number of halogens is 1. The molecule has 0 saturated carbocycles. The predicted molar refractivity (Wildman–Crippen MR) is 91.4 cm³/mol. The van der Waals surface area contributed by atoms with Crippen LogP contribution in [0, 0.1) is 5.82 Å². The van der Waals surface area contributed by atoms with Gasteiger partial charge in [-0.15, -0.1) is 21.5 Å². The van der Waals surface area contributed by atoms with Gasteiger partial charge in [-0.1, -0.05) is 17.8 Å². The minimum atomic E-state index is -0.327. The monoisotopic (exact) mass is 363 g/mol. The summed E-state index contributed by atoms with van der Waals surface area (Å²) in [6.45, 7) is 0.602. The number of hydrogen-bond acceptors (Lipinski definition) is 6. The summed E-state index contributed by atoms with van der Waals surface area (Å²) in [5.74, 6) is 0.0935. The second-order valence-corrected chi connectivity index (χ2v) is 6.81. The highest BCUT2D eigenvalue weighted by atomic mass is 32.2. The van der Waals surface area contributed by atoms with Crippen molar-refractivity contribution >= 4 is 29.0 Å². The number of nitrogens with zero attached hydrogens (tertiary/aromatic N) is 2. The van der Waals surface area contributed by atoms with Crippen molar-refractivity contribution in [1.29, 1.82) is 0 Å². The quantitative estimate of drug-likeness (QED) is 0.652. The Morgan fingerprint density at radius 2 is 2.08 bits per heavy atom. The summed E-state index contributed by atoms with van der Waals surface area (Å²) in [6, 6.07) is 9.82. The van der Waals surface area contributed by atoms with Crippen LogP contribution in [0.2, 0.25) is 0 Å². The van der Waals surface area contributed by atoms with Gasteiger partial charge in [-0.2, -0.15) is 0 Å². The van der Waals surface area contributed by atoms with E-state index in [2.05, 4.69) is 15.5 Å². The molecule has 0 fully saturated rings. The molecule has 5 nitrogen and oxygen atoms in total. The number of aromatic nitrogens is 2. The third-order valence-corrected chi connectivity index (χ3v) is 4.85. The van der Waals surface area contributed by atoms with Crippen LogP contribution < -0.4 is 5.32 Å². The van der Waals surface area contributed by atoms with Gasteiger partial charge >= 0.3 is 0 Å². The number of hydrogen-bond donors (Lipinski definition) is 1. The first-order valence-electron chi connectivity index (χ1n) is 7.22. The highest BCUT2D eigenvalue weighted by Gasteiger charge is 2.11. The molecule has 0 aliphatic heterocycles. The topological polar surface area (TPSA) is 68.0 Å². The van der Waals surface area contributed by atoms with Gasteiger partial charge in [0.2, 0.25) is 11.8 Å². The molecule has 0 bridgehead atoms. The van der Waals surface area contributed by atoms with Gasteiger partial charge in [0.1, 0.15) is 5.82 Å². The van der Waals surface area contributed by atoms with E-state index >= 15 is 0 Å². The van der Waals surface area contributed by atoms with Crippen LogP contribution in [0.5, 0.6) is 0 Å². The van der Waals surface area contributed by atoms with E-state index in [1.165, 1.54) is 28.8 Å². The summed E-state index contributed by atoms with van der Waals surface area (Å²) in [5, 5.41) is 13.0. The number of amides is 1. The molecule has 0 aliphatic carbocycles. The summed E-state index contributed by atoms with van der Waals surface area (Å²) in [4.78, 5) is 13.0. The molecule has 2 heterocycles. The maximum atomic E-state index is 12.9. The third-order valence-electron chi connectivity index (χ3n) is 3.10. The van der Waals surface area contributed by atoms with E-state index in [4.69, 9.17) is 4.42 Å². The lowest BCUT2D eigenvalue weighted by Gasteiger charge is -2.02. The molecule has 0 radical (unpaired) electrons. The largest absolute Gasteiger partial charge is 0.411 e. The van der Waals surface area contributed by atoms with Crippen LogP contribution in [-0.2, 0) is 11.2 Å². The number of nitrogens with one attached hydrogen (secondary N) is 1. The van der Waals surface area contributed by atoms with E-state index in [-0.39, 0.29) is 17.5 Å². The van der Waals surface area contributed by atoms with Gasteiger partial charge in [0.05, 0.1) is 5.75 Å². The van der Waals surface area contributed by atoms with E-state index in [1.54, 1.807) is 23.5 Å². The molecule has 1 aromatic carbocycles. The number of rotatable bonds is 7. The van der Waals surface area contributed by atoms with Crippen molar-refractivity contribution in [3.8, 4) is 11.5 Å². The zero-order chi connectivity index (χ0) is 16.8. The molecular formula is C16H14FN3O2S2. The summed E-state index contributed by atoms with van der Waals surface area (Å²) >= 11 is 2.84. The summed E-state index contributed by atoms with van der Waals surface area (Å²) < 4.78 is 18.4. The molecular weight excluding hydrogens is 349 g/mol. The fraction of sp³-hybridized carbons (Fsp3) is 0.188. The molecule has 124 valence electrons. The molecule has 3 rings (SSSR count). The van der Waals surface area contributed by atoms with E-state index in [0.29, 0.717) is 23.2 Å². The lowest BCUT2D eigenvalue weighted by Crippen LogP contribution is -2.27. The molecule has 3 aromatic rings. The highest BCUT2D eigenvalue weighted by molar-refractivity contribution is 7.99. The molecule has 24 heavy (non-hydrogen) atoms. The van der Waals surface area contributed by atoms with E-state index in [9.17, 15) is 9.18 Å². The number of thioether (sulfide) groups is 1. The van der Waals surface area contributed by atoms with Gasteiger partial charge in [-0.25, -0.2) is 4.39 Å². The lowest BCUT2D eigenvalue weighted by atomic mass is 10.2. The fourth-order valence-electron chi connectivity index (χ4n) is 1.94. The molecule has 8 heteroatoms. The first-order valence-corrected chi connectivity index (χ1v) is 9.08. The minimum absolute atomic E-state index is 0.0851. The molecule has 1 amide bonds. The summed E-state index contributed by atoms with van der Waals surface area (Å²) in [6.07, 6.45) is 0.823. The fourth-order valence-corrected chi connectivity index (χ4v) is 3.24. The molecule has 0 aliphatic rings. The summed E-state index contributed by atoms with van der Waals surface area (Å²) in [7, 11) is 0. The zero-order valence-electron chi connectivity index (χ0n) is 12.6.